The van der Waals surface area contributed by atoms with Crippen LogP contribution in [0.3, 0.4) is 0 Å². The third-order valence-electron chi connectivity index (χ3n) is 3.77. The molecule has 100 valence electrons. The number of pyridine rings is 1. The zero-order valence-electron chi connectivity index (χ0n) is 11.4. The molecule has 0 saturated carbocycles. The van der Waals surface area contributed by atoms with Crippen LogP contribution in [-0.2, 0) is 0 Å². The Labute approximate surface area is 110 Å². The zero-order valence-corrected chi connectivity index (χ0v) is 11.4. The average molecular weight is 247 g/mol. The van der Waals surface area contributed by atoms with Crippen LogP contribution < -0.4 is 5.73 Å². The summed E-state index contributed by atoms with van der Waals surface area (Å²) >= 11 is 0. The predicted octanol–water partition coefficient (Wildman–Crippen LogP) is 2.74. The van der Waals surface area contributed by atoms with Gasteiger partial charge in [-0.05, 0) is 45.0 Å². The average Bonchev–Trinajstić information content (AvgIpc) is 2.33. The second-order valence-corrected chi connectivity index (χ2v) is 5.36. The van der Waals surface area contributed by atoms with Crippen LogP contribution in [0, 0.1) is 0 Å². The smallest absolute Gasteiger partial charge is 0.0670 e. The molecule has 2 rings (SSSR count). The Kier molecular flexibility index (Phi) is 5.14. The zero-order chi connectivity index (χ0) is 12.8. The number of hydrogen-bond acceptors (Lipinski definition) is 3. The molecule has 2 heterocycles. The summed E-state index contributed by atoms with van der Waals surface area (Å²) in [5.74, 6) is 0. The highest BCUT2D eigenvalue weighted by atomic mass is 15.2. The monoisotopic (exact) mass is 247 g/mol. The molecule has 1 saturated heterocycles. The van der Waals surface area contributed by atoms with Crippen molar-refractivity contribution >= 4 is 0 Å². The quantitative estimate of drug-likeness (QED) is 0.893. The number of nitrogens with zero attached hydrogens (tertiary/aromatic N) is 2. The van der Waals surface area contributed by atoms with Crippen LogP contribution in [0.2, 0.25) is 0 Å². The number of hydrogen-bond donors (Lipinski definition) is 1. The molecule has 1 fully saturated rings. The number of likely N-dealkylation sites (tertiary alicyclic amines) is 1. The lowest BCUT2D eigenvalue weighted by Crippen LogP contribution is -2.41. The van der Waals surface area contributed by atoms with Crippen molar-refractivity contribution in [2.45, 2.75) is 51.1 Å². The summed E-state index contributed by atoms with van der Waals surface area (Å²) < 4.78 is 0. The molecule has 2 N–H and O–H groups in total. The van der Waals surface area contributed by atoms with E-state index in [1.54, 1.807) is 0 Å². The number of rotatable bonds is 3. The molecule has 3 nitrogen and oxygen atoms in total. The highest BCUT2D eigenvalue weighted by molar-refractivity contribution is 5.11. The Bertz CT molecular complexity index is 329. The van der Waals surface area contributed by atoms with E-state index in [2.05, 4.69) is 28.9 Å². The van der Waals surface area contributed by atoms with Crippen molar-refractivity contribution in [3.63, 3.8) is 0 Å². The van der Waals surface area contributed by atoms with Gasteiger partial charge in [0.2, 0.25) is 0 Å². The fraction of sp³-hybridized carbons (Fsp3) is 0.667. The van der Waals surface area contributed by atoms with Gasteiger partial charge < -0.3 is 5.73 Å². The fourth-order valence-electron chi connectivity index (χ4n) is 2.89. The van der Waals surface area contributed by atoms with Crippen molar-refractivity contribution in [3.05, 3.63) is 30.1 Å². The summed E-state index contributed by atoms with van der Waals surface area (Å²) in [7, 11) is 0. The molecule has 3 heteroatoms. The van der Waals surface area contributed by atoms with Crippen molar-refractivity contribution in [1.82, 2.24) is 9.88 Å². The maximum Gasteiger partial charge on any atom is 0.0670 e. The van der Waals surface area contributed by atoms with E-state index >= 15 is 0 Å². The predicted molar refractivity (Wildman–Crippen MR) is 75.3 cm³/mol. The highest BCUT2D eigenvalue weighted by Crippen LogP contribution is 2.24. The van der Waals surface area contributed by atoms with E-state index in [1.807, 2.05) is 12.3 Å². The number of nitrogens with two attached hydrogens (primary N) is 1. The van der Waals surface area contributed by atoms with Crippen molar-refractivity contribution < 1.29 is 0 Å². The van der Waals surface area contributed by atoms with Gasteiger partial charge in [-0.15, -0.1) is 0 Å². The minimum atomic E-state index is 0.124. The van der Waals surface area contributed by atoms with Crippen LogP contribution in [0.1, 0.15) is 50.8 Å². The lowest BCUT2D eigenvalue weighted by molar-refractivity contribution is 0.158. The van der Waals surface area contributed by atoms with E-state index in [-0.39, 0.29) is 12.1 Å². The largest absolute Gasteiger partial charge is 0.326 e. The summed E-state index contributed by atoms with van der Waals surface area (Å²) in [5, 5.41) is 0. The van der Waals surface area contributed by atoms with Gasteiger partial charge in [-0.3, -0.25) is 9.88 Å². The highest BCUT2D eigenvalue weighted by Gasteiger charge is 2.25. The molecule has 0 radical (unpaired) electrons. The molecule has 0 aliphatic carbocycles. The molecule has 0 bridgehead atoms. The van der Waals surface area contributed by atoms with Crippen molar-refractivity contribution in [3.8, 4) is 0 Å². The first kappa shape index (κ1) is 13.5. The van der Waals surface area contributed by atoms with Gasteiger partial charge in [0.05, 0.1) is 11.7 Å². The third kappa shape index (κ3) is 3.53. The Morgan fingerprint density at radius 3 is 2.33 bits per heavy atom. The van der Waals surface area contributed by atoms with Crippen LogP contribution in [0.25, 0.3) is 0 Å². The van der Waals surface area contributed by atoms with E-state index in [1.165, 1.54) is 32.1 Å². The molecule has 1 aliphatic rings. The summed E-state index contributed by atoms with van der Waals surface area (Å²) in [6, 6.07) is 6.52. The minimum absolute atomic E-state index is 0.124. The summed E-state index contributed by atoms with van der Waals surface area (Å²) in [5.41, 5.74) is 7.33. The van der Waals surface area contributed by atoms with Crippen molar-refractivity contribution in [2.75, 3.05) is 13.1 Å². The Morgan fingerprint density at radius 2 is 1.78 bits per heavy atom. The van der Waals surface area contributed by atoms with Crippen LogP contribution in [0.4, 0.5) is 0 Å². The second kappa shape index (κ2) is 6.86. The Morgan fingerprint density at radius 1 is 1.11 bits per heavy atom. The Hall–Kier alpha value is -0.930. The maximum atomic E-state index is 6.21. The van der Waals surface area contributed by atoms with Gasteiger partial charge in [-0.2, -0.15) is 0 Å². The van der Waals surface area contributed by atoms with Gasteiger partial charge in [-0.25, -0.2) is 0 Å². The van der Waals surface area contributed by atoms with E-state index in [9.17, 15) is 0 Å². The molecular weight excluding hydrogens is 222 g/mol. The minimum Gasteiger partial charge on any atom is -0.326 e. The number of aromatic nitrogens is 1. The van der Waals surface area contributed by atoms with E-state index in [0.29, 0.717) is 0 Å². The molecule has 0 spiro atoms. The first-order valence-electron chi connectivity index (χ1n) is 7.19. The lowest BCUT2D eigenvalue weighted by atomic mass is 10.0. The van der Waals surface area contributed by atoms with Crippen LogP contribution in [-0.4, -0.2) is 29.0 Å². The fourth-order valence-corrected chi connectivity index (χ4v) is 2.89. The first-order chi connectivity index (χ1) is 8.79. The van der Waals surface area contributed by atoms with Gasteiger partial charge in [0.1, 0.15) is 0 Å². The molecule has 1 aliphatic heterocycles. The normalized spacial score (nSPS) is 21.9. The van der Waals surface area contributed by atoms with E-state index in [0.717, 1.165) is 18.8 Å². The van der Waals surface area contributed by atoms with Gasteiger partial charge >= 0.3 is 0 Å². The van der Waals surface area contributed by atoms with Gasteiger partial charge in [0, 0.05) is 12.2 Å². The van der Waals surface area contributed by atoms with E-state index in [4.69, 9.17) is 5.73 Å². The maximum absolute atomic E-state index is 6.21. The molecule has 1 aromatic heterocycles. The standard InChI is InChI=1S/C15H25N3/c1-13(16)15(14-9-5-6-10-17-14)18-11-7-3-2-4-8-12-18/h5-6,9-10,13,15H,2-4,7-8,11-12,16H2,1H3. The van der Waals surface area contributed by atoms with Crippen LogP contribution >= 0.6 is 0 Å². The van der Waals surface area contributed by atoms with Gasteiger partial charge in [-0.1, -0.05) is 25.3 Å². The molecule has 2 atom stereocenters. The summed E-state index contributed by atoms with van der Waals surface area (Å²) in [4.78, 5) is 7.04. The van der Waals surface area contributed by atoms with Crippen molar-refractivity contribution in [2.24, 2.45) is 5.73 Å². The summed E-state index contributed by atoms with van der Waals surface area (Å²) in [6.45, 7) is 4.41. The SMILES string of the molecule is CC(N)C(c1ccccn1)N1CCCCCCC1. The van der Waals surface area contributed by atoms with Gasteiger partial charge in [0.15, 0.2) is 0 Å². The van der Waals surface area contributed by atoms with Gasteiger partial charge in [0.25, 0.3) is 0 Å². The first-order valence-corrected chi connectivity index (χ1v) is 7.19. The summed E-state index contributed by atoms with van der Waals surface area (Å²) in [6.07, 6.45) is 8.54. The molecule has 2 unspecified atom stereocenters. The molecule has 0 aromatic carbocycles. The van der Waals surface area contributed by atoms with Crippen LogP contribution in [0.15, 0.2) is 24.4 Å². The molecule has 0 amide bonds. The van der Waals surface area contributed by atoms with Crippen LogP contribution in [0.5, 0.6) is 0 Å². The topological polar surface area (TPSA) is 42.1 Å². The molecule has 1 aromatic rings. The molecule has 18 heavy (non-hydrogen) atoms. The van der Waals surface area contributed by atoms with Crippen molar-refractivity contribution in [1.29, 1.82) is 0 Å². The van der Waals surface area contributed by atoms with E-state index < -0.39 is 0 Å². The molecular formula is C15H25N3. The lowest BCUT2D eigenvalue weighted by Gasteiger charge is -2.35. The second-order valence-electron chi connectivity index (χ2n) is 5.36. The Balaban J connectivity index is 2.13. The third-order valence-corrected chi connectivity index (χ3v) is 3.77.